The van der Waals surface area contributed by atoms with E-state index >= 15 is 0 Å². The van der Waals surface area contributed by atoms with Gasteiger partial charge in [-0.1, -0.05) is 44.2 Å². The van der Waals surface area contributed by atoms with Gasteiger partial charge in [-0.25, -0.2) is 17.6 Å². The zero-order valence-electron chi connectivity index (χ0n) is 17.2. The second-order valence-corrected chi connectivity index (χ2v) is 10.4. The Bertz CT molecular complexity index is 1150. The van der Waals surface area contributed by atoms with E-state index in [2.05, 4.69) is 11.8 Å². The quantitative estimate of drug-likeness (QED) is 0.692. The highest BCUT2D eigenvalue weighted by molar-refractivity contribution is 7.90. The Labute approximate surface area is 180 Å². The molecule has 2 aromatic carbocycles. The van der Waals surface area contributed by atoms with Crippen LogP contribution in [-0.2, 0) is 14.6 Å². The highest BCUT2D eigenvalue weighted by Crippen LogP contribution is 2.29. The Kier molecular flexibility index (Phi) is 6.85. The Morgan fingerprint density at radius 3 is 2.30 bits per heavy atom. The normalized spacial score (nSPS) is 12.6. The first-order valence-electron chi connectivity index (χ1n) is 8.91. The zero-order valence-corrected chi connectivity index (χ0v) is 18.8. The molecule has 160 valence electrons. The van der Waals surface area contributed by atoms with E-state index in [0.717, 1.165) is 12.3 Å². The zero-order chi connectivity index (χ0) is 22.9. The minimum absolute atomic E-state index is 0.220. The molecule has 2 aromatic rings. The van der Waals surface area contributed by atoms with Crippen LogP contribution >= 0.6 is 11.6 Å². The van der Waals surface area contributed by atoms with E-state index in [9.17, 15) is 22.7 Å². The van der Waals surface area contributed by atoms with Crippen molar-refractivity contribution >= 4 is 27.4 Å². The third-order valence-electron chi connectivity index (χ3n) is 4.21. The number of aliphatic carboxylic acids is 1. The molecule has 0 saturated carbocycles. The number of ether oxygens (including phenoxy) is 1. The number of hydrogen-bond donors (Lipinski definition) is 1. The third kappa shape index (κ3) is 5.74. The van der Waals surface area contributed by atoms with Crippen molar-refractivity contribution in [2.24, 2.45) is 5.41 Å². The van der Waals surface area contributed by atoms with E-state index in [1.165, 1.54) is 18.2 Å². The number of carboxylic acid groups (broad SMARTS) is 1. The number of sulfone groups is 1. The summed E-state index contributed by atoms with van der Waals surface area (Å²) in [5.41, 5.74) is 0.402. The van der Waals surface area contributed by atoms with Gasteiger partial charge in [0, 0.05) is 22.3 Å². The molecule has 1 atom stereocenters. The van der Waals surface area contributed by atoms with Crippen LogP contribution in [0.3, 0.4) is 0 Å². The van der Waals surface area contributed by atoms with E-state index in [-0.39, 0.29) is 5.75 Å². The van der Waals surface area contributed by atoms with Crippen molar-refractivity contribution in [1.29, 1.82) is 0 Å². The summed E-state index contributed by atoms with van der Waals surface area (Å²) in [4.78, 5) is 11.2. The van der Waals surface area contributed by atoms with Gasteiger partial charge in [0.2, 0.25) is 0 Å². The van der Waals surface area contributed by atoms with Crippen LogP contribution in [0, 0.1) is 30.0 Å². The van der Waals surface area contributed by atoms with Gasteiger partial charge in [-0.2, -0.15) is 0 Å². The van der Waals surface area contributed by atoms with Crippen molar-refractivity contribution in [3.05, 3.63) is 57.9 Å². The van der Waals surface area contributed by atoms with Crippen molar-refractivity contribution in [3.8, 4) is 17.6 Å². The average molecular weight is 453 g/mol. The molecule has 5 nitrogen and oxygen atoms in total. The number of carboxylic acids is 1. The summed E-state index contributed by atoms with van der Waals surface area (Å²) in [6, 6.07) is 6.87. The van der Waals surface area contributed by atoms with Crippen molar-refractivity contribution in [2.45, 2.75) is 38.7 Å². The summed E-state index contributed by atoms with van der Waals surface area (Å²) in [6.45, 7) is 6.82. The largest absolute Gasteiger partial charge is 0.478 e. The fourth-order valence-corrected chi connectivity index (χ4v) is 3.55. The van der Waals surface area contributed by atoms with Crippen molar-refractivity contribution in [1.82, 2.24) is 0 Å². The molecule has 0 saturated heterocycles. The molecule has 0 radical (unpaired) electrons. The third-order valence-corrected chi connectivity index (χ3v) is 5.55. The molecular weight excluding hydrogens is 431 g/mol. The van der Waals surface area contributed by atoms with Gasteiger partial charge in [0.15, 0.2) is 15.9 Å². The monoisotopic (exact) mass is 452 g/mol. The number of benzene rings is 2. The maximum atomic E-state index is 14.0. The SMILES string of the molecule is Cc1cc(F)c(S(C)(=O)=O)cc1C#Cc1cc(Cl)ccc1OC(C(=O)O)C(C)(C)C. The lowest BCUT2D eigenvalue weighted by Crippen LogP contribution is -2.39. The summed E-state index contributed by atoms with van der Waals surface area (Å²) in [5, 5.41) is 9.88. The van der Waals surface area contributed by atoms with Crippen LogP contribution < -0.4 is 4.74 Å². The van der Waals surface area contributed by atoms with Gasteiger partial charge in [-0.05, 0) is 42.8 Å². The van der Waals surface area contributed by atoms with Crippen LogP contribution in [0.1, 0.15) is 37.5 Å². The van der Waals surface area contributed by atoms with Gasteiger partial charge >= 0.3 is 5.97 Å². The maximum Gasteiger partial charge on any atom is 0.345 e. The fourth-order valence-electron chi connectivity index (χ4n) is 2.63. The Hall–Kier alpha value is -2.56. The summed E-state index contributed by atoms with van der Waals surface area (Å²) < 4.78 is 43.3. The average Bonchev–Trinajstić information content (AvgIpc) is 2.57. The predicted octanol–water partition coefficient (Wildman–Crippen LogP) is 4.47. The standard InChI is InChI=1S/C22H22ClFO5S/c1-13-10-17(24)19(30(5,27)28)12-14(13)6-7-15-11-16(23)8-9-18(15)29-20(21(25)26)22(2,3)4/h8-12,20H,1-5H3,(H,25,26). The Balaban J connectivity index is 2.55. The molecule has 0 spiro atoms. The lowest BCUT2D eigenvalue weighted by Gasteiger charge is -2.28. The van der Waals surface area contributed by atoms with Gasteiger partial charge < -0.3 is 9.84 Å². The molecule has 8 heteroatoms. The molecule has 1 unspecified atom stereocenters. The molecule has 0 amide bonds. The van der Waals surface area contributed by atoms with Crippen LogP contribution in [0.2, 0.25) is 5.02 Å². The van der Waals surface area contributed by atoms with E-state index < -0.39 is 38.0 Å². The summed E-state index contributed by atoms with van der Waals surface area (Å²) in [6.07, 6.45) is -0.219. The first-order valence-corrected chi connectivity index (χ1v) is 11.2. The first kappa shape index (κ1) is 23.7. The summed E-state index contributed by atoms with van der Waals surface area (Å²) >= 11 is 6.06. The number of halogens is 2. The number of hydrogen-bond acceptors (Lipinski definition) is 4. The van der Waals surface area contributed by atoms with E-state index in [4.69, 9.17) is 16.3 Å². The van der Waals surface area contributed by atoms with Crippen LogP contribution in [0.15, 0.2) is 35.2 Å². The molecule has 30 heavy (non-hydrogen) atoms. The molecular formula is C22H22ClFO5S. The van der Waals surface area contributed by atoms with E-state index in [1.54, 1.807) is 33.8 Å². The smallest absolute Gasteiger partial charge is 0.345 e. The van der Waals surface area contributed by atoms with Crippen LogP contribution in [-0.4, -0.2) is 31.9 Å². The predicted molar refractivity (Wildman–Crippen MR) is 113 cm³/mol. The Morgan fingerprint density at radius 2 is 1.77 bits per heavy atom. The van der Waals surface area contributed by atoms with Crippen LogP contribution in [0.25, 0.3) is 0 Å². The van der Waals surface area contributed by atoms with Crippen LogP contribution in [0.4, 0.5) is 4.39 Å². The van der Waals surface area contributed by atoms with Crippen molar-refractivity contribution in [3.63, 3.8) is 0 Å². The van der Waals surface area contributed by atoms with Crippen LogP contribution in [0.5, 0.6) is 5.75 Å². The van der Waals surface area contributed by atoms with Gasteiger partial charge in [0.1, 0.15) is 16.5 Å². The van der Waals surface area contributed by atoms with Gasteiger partial charge in [0.25, 0.3) is 0 Å². The number of aryl methyl sites for hydroxylation is 1. The lowest BCUT2D eigenvalue weighted by molar-refractivity contribution is -0.150. The molecule has 0 aliphatic carbocycles. The molecule has 2 rings (SSSR count). The van der Waals surface area contributed by atoms with Gasteiger partial charge in [-0.3, -0.25) is 0 Å². The number of carbonyl (C=O) groups is 1. The Morgan fingerprint density at radius 1 is 1.17 bits per heavy atom. The van der Waals surface area contributed by atoms with Crippen molar-refractivity contribution < 1.29 is 27.4 Å². The molecule has 0 aromatic heterocycles. The second-order valence-electron chi connectivity index (χ2n) is 7.96. The molecule has 0 heterocycles. The van der Waals surface area contributed by atoms with Crippen molar-refractivity contribution in [2.75, 3.05) is 6.26 Å². The highest BCUT2D eigenvalue weighted by atomic mass is 35.5. The molecule has 0 aliphatic rings. The minimum Gasteiger partial charge on any atom is -0.478 e. The highest BCUT2D eigenvalue weighted by Gasteiger charge is 2.33. The van der Waals surface area contributed by atoms with Gasteiger partial charge in [0.05, 0.1) is 5.56 Å². The second kappa shape index (κ2) is 8.66. The number of rotatable bonds is 4. The summed E-state index contributed by atoms with van der Waals surface area (Å²) in [5.74, 6) is 3.90. The van der Waals surface area contributed by atoms with E-state index in [0.29, 0.717) is 21.7 Å². The molecule has 1 N–H and O–H groups in total. The molecule has 0 bridgehead atoms. The summed E-state index contributed by atoms with van der Waals surface area (Å²) in [7, 11) is -3.77. The lowest BCUT2D eigenvalue weighted by atomic mass is 9.89. The van der Waals surface area contributed by atoms with Gasteiger partial charge in [-0.15, -0.1) is 0 Å². The molecule has 0 aliphatic heterocycles. The first-order chi connectivity index (χ1) is 13.7. The minimum atomic E-state index is -3.77. The maximum absolute atomic E-state index is 14.0. The topological polar surface area (TPSA) is 80.7 Å². The fraction of sp³-hybridized carbons (Fsp3) is 0.318. The molecule has 0 fully saturated rings. The van der Waals surface area contributed by atoms with E-state index in [1.807, 2.05) is 0 Å².